The van der Waals surface area contributed by atoms with E-state index in [0.717, 1.165) is 0 Å². The molecular weight excluding hydrogens is 453 g/mol. The maximum atomic E-state index is 12.2. The zero-order valence-corrected chi connectivity index (χ0v) is 18.6. The van der Waals surface area contributed by atoms with Gasteiger partial charge >= 0.3 is 13.5 Å². The largest absolute Gasteiger partial charge is 0.469 e. The minimum atomic E-state index is -4.50. The van der Waals surface area contributed by atoms with Crippen molar-refractivity contribution in [3.05, 3.63) is 32.6 Å². The lowest BCUT2D eigenvalue weighted by Gasteiger charge is -2.44. The van der Waals surface area contributed by atoms with E-state index in [1.54, 1.807) is 6.92 Å². The van der Waals surface area contributed by atoms with Crippen LogP contribution in [0.25, 0.3) is 0 Å². The number of H-pyrrole nitrogens is 1. The molecule has 1 aromatic heterocycles. The third-order valence-electron chi connectivity index (χ3n) is 4.76. The smallest absolute Gasteiger partial charge is 0.393 e. The summed E-state index contributed by atoms with van der Waals surface area (Å²) in [7, 11) is -4.50. The van der Waals surface area contributed by atoms with Gasteiger partial charge in [-0.1, -0.05) is 0 Å². The Balaban J connectivity index is 1.86. The number of nitrogens with one attached hydrogen (secondary N) is 1. The van der Waals surface area contributed by atoms with E-state index in [1.165, 1.54) is 10.8 Å². The number of morpholine rings is 1. The Kier molecular flexibility index (Phi) is 10.2. The lowest BCUT2D eigenvalue weighted by Crippen LogP contribution is -2.59. The van der Waals surface area contributed by atoms with Crippen molar-refractivity contribution in [3.8, 4) is 0 Å². The number of hydrogen-bond acceptors (Lipinski definition) is 10. The van der Waals surface area contributed by atoms with E-state index < -0.39 is 44.1 Å². The molecule has 2 rings (SSSR count). The van der Waals surface area contributed by atoms with Gasteiger partial charge in [-0.15, -0.1) is 0 Å². The van der Waals surface area contributed by atoms with Crippen LogP contribution in [0.4, 0.5) is 0 Å². The molecule has 5 N–H and O–H groups in total. The zero-order chi connectivity index (χ0) is 23.8. The van der Waals surface area contributed by atoms with Crippen molar-refractivity contribution in [3.63, 3.8) is 0 Å². The maximum Gasteiger partial charge on any atom is 0.469 e. The number of aromatic amines is 1. The van der Waals surface area contributed by atoms with Crippen LogP contribution in [0.15, 0.2) is 15.8 Å². The molecule has 0 unspecified atom stereocenters. The van der Waals surface area contributed by atoms with Crippen molar-refractivity contribution in [2.45, 2.75) is 18.8 Å². The third kappa shape index (κ3) is 8.15. The molecule has 1 aliphatic heterocycles. The molecule has 1 fully saturated rings. The van der Waals surface area contributed by atoms with Gasteiger partial charge in [-0.05, 0) is 6.92 Å². The normalized spacial score (nSPS) is 19.3. The molecule has 1 saturated heterocycles. The summed E-state index contributed by atoms with van der Waals surface area (Å²) in [5, 5.41) is 19.6. The zero-order valence-electron chi connectivity index (χ0n) is 17.7. The first-order valence-corrected chi connectivity index (χ1v) is 11.4. The van der Waals surface area contributed by atoms with E-state index in [9.17, 15) is 24.4 Å². The van der Waals surface area contributed by atoms with Crippen LogP contribution in [0.2, 0.25) is 0 Å². The molecule has 0 radical (unpaired) electrons. The minimum Gasteiger partial charge on any atom is -0.393 e. The predicted octanol–water partition coefficient (Wildman–Crippen LogP) is -2.46. The van der Waals surface area contributed by atoms with E-state index in [0.29, 0.717) is 12.1 Å². The number of rotatable bonds is 13. The van der Waals surface area contributed by atoms with Gasteiger partial charge in [0.1, 0.15) is 5.60 Å². The topological polar surface area (TPSA) is 193 Å². The fourth-order valence-electron chi connectivity index (χ4n) is 3.13. The standard InChI is InChI=1S/C17H30N3O11P/c1-13-8-20(16(24)18-15(13)23)14-9-19(10-17(11-21,12-22)31-14)2-3-28-4-5-29-6-7-30-32(25,26)27/h8,14,21-22H,2-7,9-12H2,1H3,(H,18,23,24)(H2,25,26,27)/t14-/m1/s1. The van der Waals surface area contributed by atoms with Crippen molar-refractivity contribution >= 4 is 7.82 Å². The van der Waals surface area contributed by atoms with Crippen LogP contribution in [0, 0.1) is 6.92 Å². The van der Waals surface area contributed by atoms with Gasteiger partial charge in [0.25, 0.3) is 5.56 Å². The Hall–Kier alpha value is -1.45. The highest BCUT2D eigenvalue weighted by atomic mass is 31.2. The average molecular weight is 483 g/mol. The second-order valence-electron chi connectivity index (χ2n) is 7.33. The van der Waals surface area contributed by atoms with Gasteiger partial charge in [0.2, 0.25) is 0 Å². The summed E-state index contributed by atoms with van der Waals surface area (Å²) in [6.45, 7) is 1.93. The highest BCUT2D eigenvalue weighted by Crippen LogP contribution is 2.35. The van der Waals surface area contributed by atoms with E-state index in [2.05, 4.69) is 9.51 Å². The van der Waals surface area contributed by atoms with Crippen molar-refractivity contribution < 1.29 is 43.3 Å². The van der Waals surface area contributed by atoms with E-state index in [-0.39, 0.29) is 46.1 Å². The molecule has 14 nitrogen and oxygen atoms in total. The summed E-state index contributed by atoms with van der Waals surface area (Å²) in [5.74, 6) is 0. The van der Waals surface area contributed by atoms with Crippen molar-refractivity contribution in [1.82, 2.24) is 14.5 Å². The van der Waals surface area contributed by atoms with Crippen LogP contribution in [0.3, 0.4) is 0 Å². The molecule has 1 atom stereocenters. The number of nitrogens with zero attached hydrogens (tertiary/aromatic N) is 2. The van der Waals surface area contributed by atoms with Gasteiger partial charge in [0, 0.05) is 31.4 Å². The number of aromatic nitrogens is 2. The van der Waals surface area contributed by atoms with Crippen molar-refractivity contribution in [2.75, 3.05) is 65.9 Å². The molecule has 0 saturated carbocycles. The van der Waals surface area contributed by atoms with Crippen molar-refractivity contribution in [2.24, 2.45) is 0 Å². The Morgan fingerprint density at radius 3 is 2.41 bits per heavy atom. The second kappa shape index (κ2) is 12.1. The van der Waals surface area contributed by atoms with Crippen LogP contribution in [-0.2, 0) is 23.3 Å². The molecule has 0 spiro atoms. The molecule has 1 aliphatic rings. The molecule has 15 heteroatoms. The second-order valence-corrected chi connectivity index (χ2v) is 8.57. The molecule has 184 valence electrons. The van der Waals surface area contributed by atoms with E-state index >= 15 is 0 Å². The monoisotopic (exact) mass is 483 g/mol. The summed E-state index contributed by atoms with van der Waals surface area (Å²) in [4.78, 5) is 45.1. The molecule has 0 aliphatic carbocycles. The summed E-state index contributed by atoms with van der Waals surface area (Å²) in [5.41, 5.74) is -2.14. The van der Waals surface area contributed by atoms with E-state index in [4.69, 9.17) is 24.0 Å². The molecule has 2 heterocycles. The number of aliphatic hydroxyl groups excluding tert-OH is 2. The molecule has 0 amide bonds. The van der Waals surface area contributed by atoms with Crippen LogP contribution < -0.4 is 11.2 Å². The number of hydrogen-bond donors (Lipinski definition) is 5. The quantitative estimate of drug-likeness (QED) is 0.147. The van der Waals surface area contributed by atoms with Crippen LogP contribution in [0.5, 0.6) is 0 Å². The Morgan fingerprint density at radius 1 is 1.16 bits per heavy atom. The summed E-state index contributed by atoms with van der Waals surface area (Å²) in [6, 6.07) is 0. The first-order chi connectivity index (χ1) is 15.1. The van der Waals surface area contributed by atoms with Gasteiger partial charge in [0.05, 0.1) is 46.2 Å². The van der Waals surface area contributed by atoms with Crippen LogP contribution in [0.1, 0.15) is 11.8 Å². The van der Waals surface area contributed by atoms with Crippen LogP contribution >= 0.6 is 7.82 Å². The molecule has 1 aromatic rings. The molecule has 0 aromatic carbocycles. The summed E-state index contributed by atoms with van der Waals surface area (Å²) in [6.07, 6.45) is 0.530. The van der Waals surface area contributed by atoms with Gasteiger partial charge in [-0.25, -0.2) is 9.36 Å². The lowest BCUT2D eigenvalue weighted by molar-refractivity contribution is -0.215. The number of aliphatic hydroxyl groups is 2. The van der Waals surface area contributed by atoms with Crippen molar-refractivity contribution in [1.29, 1.82) is 0 Å². The highest BCUT2D eigenvalue weighted by Gasteiger charge is 2.41. The van der Waals surface area contributed by atoms with Gasteiger partial charge in [-0.2, -0.15) is 0 Å². The van der Waals surface area contributed by atoms with Crippen LogP contribution in [-0.4, -0.2) is 106 Å². The number of phosphoric ester groups is 1. The molecule has 0 bridgehead atoms. The minimum absolute atomic E-state index is 0.00245. The van der Waals surface area contributed by atoms with Gasteiger partial charge in [-0.3, -0.25) is 23.8 Å². The third-order valence-corrected chi connectivity index (χ3v) is 5.27. The van der Waals surface area contributed by atoms with Gasteiger partial charge in [0.15, 0.2) is 6.23 Å². The Labute approximate surface area is 183 Å². The SMILES string of the molecule is Cc1cn([C@H]2CN(CCOCCOCCOP(=O)(O)O)CC(CO)(CO)O2)c(=O)[nH]c1=O. The maximum absolute atomic E-state index is 12.2. The van der Waals surface area contributed by atoms with Gasteiger partial charge < -0.3 is 34.2 Å². The van der Waals surface area contributed by atoms with E-state index in [1.807, 2.05) is 4.90 Å². The fraction of sp³-hybridized carbons (Fsp3) is 0.765. The Morgan fingerprint density at radius 2 is 1.78 bits per heavy atom. The number of phosphoric acid groups is 1. The molecular formula is C17H30N3O11P. The highest BCUT2D eigenvalue weighted by molar-refractivity contribution is 7.46. The fourth-order valence-corrected chi connectivity index (χ4v) is 3.44. The lowest BCUT2D eigenvalue weighted by atomic mass is 10.0. The summed E-state index contributed by atoms with van der Waals surface area (Å²) >= 11 is 0. The number of aryl methyl sites for hydroxylation is 1. The first-order valence-electron chi connectivity index (χ1n) is 9.89. The first kappa shape index (κ1) is 26.8. The number of ether oxygens (including phenoxy) is 3. The average Bonchev–Trinajstić information content (AvgIpc) is 2.74. The molecule has 32 heavy (non-hydrogen) atoms. The summed E-state index contributed by atoms with van der Waals surface area (Å²) < 4.78 is 32.4. The predicted molar refractivity (Wildman–Crippen MR) is 109 cm³/mol. The Bertz CT molecular complexity index is 879.